The summed E-state index contributed by atoms with van der Waals surface area (Å²) in [5.41, 5.74) is 2.52. The van der Waals surface area contributed by atoms with Crippen molar-refractivity contribution in [2.45, 2.75) is 45.1 Å². The number of nitrogens with one attached hydrogen (secondary N) is 1. The Morgan fingerprint density at radius 3 is 2.65 bits per heavy atom. The molecule has 1 N–H and O–H groups in total. The van der Waals surface area contributed by atoms with Gasteiger partial charge in [-0.05, 0) is 56.3 Å². The maximum atomic E-state index is 6.31. The van der Waals surface area contributed by atoms with Gasteiger partial charge in [-0.3, -0.25) is 0 Å². The second-order valence-electron chi connectivity index (χ2n) is 5.24. The van der Waals surface area contributed by atoms with E-state index in [1.54, 1.807) is 0 Å². The van der Waals surface area contributed by atoms with Crippen LogP contribution in [-0.4, -0.2) is 13.1 Å². The first kappa shape index (κ1) is 12.9. The average Bonchev–Trinajstić information content (AvgIpc) is 2.81. The second-order valence-corrected chi connectivity index (χ2v) is 5.65. The van der Waals surface area contributed by atoms with Crippen LogP contribution < -0.4 is 5.32 Å². The van der Waals surface area contributed by atoms with Gasteiger partial charge >= 0.3 is 0 Å². The highest BCUT2D eigenvalue weighted by Crippen LogP contribution is 2.30. The Kier molecular flexibility index (Phi) is 4.47. The normalized spacial score (nSPS) is 18.5. The fraction of sp³-hybridized carbons (Fsp3) is 0.600. The number of hydrogen-bond acceptors (Lipinski definition) is 1. The van der Waals surface area contributed by atoms with Crippen LogP contribution in [0.2, 0.25) is 5.02 Å². The smallest absolute Gasteiger partial charge is 0.0441 e. The SMILES string of the molecule is CNC(Cc1ccc(C)cc1Cl)C1CCCC1. The van der Waals surface area contributed by atoms with Crippen molar-refractivity contribution in [3.05, 3.63) is 34.3 Å². The molecule has 94 valence electrons. The first-order chi connectivity index (χ1) is 8.20. The minimum Gasteiger partial charge on any atom is -0.316 e. The van der Waals surface area contributed by atoms with Crippen molar-refractivity contribution in [2.75, 3.05) is 7.05 Å². The molecule has 0 aromatic heterocycles. The summed E-state index contributed by atoms with van der Waals surface area (Å²) in [7, 11) is 2.07. The lowest BCUT2D eigenvalue weighted by Crippen LogP contribution is -2.34. The summed E-state index contributed by atoms with van der Waals surface area (Å²) in [5.74, 6) is 0.831. The minimum absolute atomic E-state index is 0.581. The topological polar surface area (TPSA) is 12.0 Å². The molecule has 0 spiro atoms. The second kappa shape index (κ2) is 5.88. The van der Waals surface area contributed by atoms with Crippen LogP contribution in [0, 0.1) is 12.8 Å². The van der Waals surface area contributed by atoms with Gasteiger partial charge in [-0.15, -0.1) is 0 Å². The molecular weight excluding hydrogens is 230 g/mol. The maximum Gasteiger partial charge on any atom is 0.0441 e. The predicted octanol–water partition coefficient (Wildman–Crippen LogP) is 3.97. The van der Waals surface area contributed by atoms with E-state index in [4.69, 9.17) is 11.6 Å². The van der Waals surface area contributed by atoms with Gasteiger partial charge in [0.2, 0.25) is 0 Å². The first-order valence-electron chi connectivity index (χ1n) is 6.63. The number of aryl methyl sites for hydroxylation is 1. The van der Waals surface area contributed by atoms with Crippen molar-refractivity contribution in [2.24, 2.45) is 5.92 Å². The van der Waals surface area contributed by atoms with Crippen LogP contribution in [0.5, 0.6) is 0 Å². The van der Waals surface area contributed by atoms with E-state index >= 15 is 0 Å². The quantitative estimate of drug-likeness (QED) is 0.854. The summed E-state index contributed by atoms with van der Waals surface area (Å²) in [6, 6.07) is 6.98. The van der Waals surface area contributed by atoms with Crippen molar-refractivity contribution in [1.29, 1.82) is 0 Å². The number of halogens is 1. The van der Waals surface area contributed by atoms with Crippen LogP contribution in [0.4, 0.5) is 0 Å². The summed E-state index contributed by atoms with van der Waals surface area (Å²) in [5, 5.41) is 4.40. The minimum atomic E-state index is 0.581. The molecule has 0 aliphatic heterocycles. The Morgan fingerprint density at radius 2 is 2.06 bits per heavy atom. The zero-order valence-corrected chi connectivity index (χ0v) is 11.6. The Balaban J connectivity index is 2.06. The van der Waals surface area contributed by atoms with Crippen molar-refractivity contribution in [3.8, 4) is 0 Å². The van der Waals surface area contributed by atoms with E-state index in [0.717, 1.165) is 17.4 Å². The van der Waals surface area contributed by atoms with Gasteiger partial charge in [0.15, 0.2) is 0 Å². The van der Waals surface area contributed by atoms with E-state index in [1.807, 2.05) is 0 Å². The van der Waals surface area contributed by atoms with Gasteiger partial charge in [0.05, 0.1) is 0 Å². The van der Waals surface area contributed by atoms with Crippen LogP contribution >= 0.6 is 11.6 Å². The Morgan fingerprint density at radius 1 is 1.35 bits per heavy atom. The van der Waals surface area contributed by atoms with Gasteiger partial charge in [-0.2, -0.15) is 0 Å². The Hall–Kier alpha value is -0.530. The summed E-state index contributed by atoms with van der Waals surface area (Å²) in [6.45, 7) is 2.09. The third-order valence-electron chi connectivity index (χ3n) is 3.99. The van der Waals surface area contributed by atoms with Gasteiger partial charge < -0.3 is 5.32 Å². The van der Waals surface area contributed by atoms with E-state index in [0.29, 0.717) is 6.04 Å². The van der Waals surface area contributed by atoms with E-state index < -0.39 is 0 Å². The zero-order chi connectivity index (χ0) is 12.3. The van der Waals surface area contributed by atoms with E-state index in [9.17, 15) is 0 Å². The van der Waals surface area contributed by atoms with Crippen LogP contribution in [-0.2, 0) is 6.42 Å². The number of rotatable bonds is 4. The zero-order valence-electron chi connectivity index (χ0n) is 10.8. The standard InChI is InChI=1S/C15H22ClN/c1-11-7-8-13(14(16)9-11)10-15(17-2)12-5-3-4-6-12/h7-9,12,15,17H,3-6,10H2,1-2H3. The lowest BCUT2D eigenvalue weighted by Gasteiger charge is -2.23. The highest BCUT2D eigenvalue weighted by atomic mass is 35.5. The molecule has 2 heteroatoms. The van der Waals surface area contributed by atoms with Gasteiger partial charge in [0, 0.05) is 11.1 Å². The molecule has 1 aromatic rings. The van der Waals surface area contributed by atoms with Gasteiger partial charge in [-0.1, -0.05) is 36.6 Å². The van der Waals surface area contributed by atoms with Crippen LogP contribution in [0.15, 0.2) is 18.2 Å². The van der Waals surface area contributed by atoms with Gasteiger partial charge in [-0.25, -0.2) is 0 Å². The number of likely N-dealkylation sites (N-methyl/N-ethyl adjacent to an activating group) is 1. The Labute approximate surface area is 110 Å². The monoisotopic (exact) mass is 251 g/mol. The molecule has 1 aliphatic rings. The lowest BCUT2D eigenvalue weighted by atomic mass is 9.92. The van der Waals surface area contributed by atoms with Crippen LogP contribution in [0.3, 0.4) is 0 Å². The molecule has 1 aromatic carbocycles. The lowest BCUT2D eigenvalue weighted by molar-refractivity contribution is 0.377. The number of benzene rings is 1. The molecule has 1 aliphatic carbocycles. The summed E-state index contributed by atoms with van der Waals surface area (Å²) in [6.07, 6.45) is 6.58. The summed E-state index contributed by atoms with van der Waals surface area (Å²) < 4.78 is 0. The molecule has 1 nitrogen and oxygen atoms in total. The Bertz CT molecular complexity index is 369. The summed E-state index contributed by atoms with van der Waals surface area (Å²) >= 11 is 6.31. The fourth-order valence-electron chi connectivity index (χ4n) is 2.92. The van der Waals surface area contributed by atoms with Crippen molar-refractivity contribution in [1.82, 2.24) is 5.32 Å². The maximum absolute atomic E-state index is 6.31. The molecule has 1 unspecified atom stereocenters. The van der Waals surface area contributed by atoms with Crippen molar-refractivity contribution >= 4 is 11.6 Å². The van der Waals surface area contributed by atoms with Crippen LogP contribution in [0.1, 0.15) is 36.8 Å². The number of hydrogen-bond donors (Lipinski definition) is 1. The third-order valence-corrected chi connectivity index (χ3v) is 4.34. The molecule has 1 fully saturated rings. The van der Waals surface area contributed by atoms with Crippen LogP contribution in [0.25, 0.3) is 0 Å². The largest absolute Gasteiger partial charge is 0.316 e. The van der Waals surface area contributed by atoms with Gasteiger partial charge in [0.25, 0.3) is 0 Å². The molecule has 1 atom stereocenters. The summed E-state index contributed by atoms with van der Waals surface area (Å²) in [4.78, 5) is 0. The van der Waals surface area contributed by atoms with Crippen molar-refractivity contribution in [3.63, 3.8) is 0 Å². The molecule has 17 heavy (non-hydrogen) atoms. The van der Waals surface area contributed by atoms with Crippen molar-refractivity contribution < 1.29 is 0 Å². The van der Waals surface area contributed by atoms with Gasteiger partial charge in [0.1, 0.15) is 0 Å². The molecule has 0 bridgehead atoms. The van der Waals surface area contributed by atoms with E-state index in [1.165, 1.54) is 36.8 Å². The van der Waals surface area contributed by atoms with E-state index in [-0.39, 0.29) is 0 Å². The molecule has 0 heterocycles. The molecule has 0 amide bonds. The highest BCUT2D eigenvalue weighted by Gasteiger charge is 2.24. The molecule has 1 saturated carbocycles. The highest BCUT2D eigenvalue weighted by molar-refractivity contribution is 6.31. The van der Waals surface area contributed by atoms with E-state index in [2.05, 4.69) is 37.5 Å². The molecule has 0 radical (unpaired) electrons. The predicted molar refractivity (Wildman–Crippen MR) is 74.7 cm³/mol. The molecule has 0 saturated heterocycles. The molecule has 2 rings (SSSR count). The third kappa shape index (κ3) is 3.23. The fourth-order valence-corrected chi connectivity index (χ4v) is 3.23. The first-order valence-corrected chi connectivity index (χ1v) is 7.01. The molecular formula is C15H22ClN. The average molecular weight is 252 g/mol.